The molecule has 0 spiro atoms. The van der Waals surface area contributed by atoms with Crippen LogP contribution in [0.25, 0.3) is 0 Å². The Hall–Kier alpha value is -2.18. The Bertz CT molecular complexity index is 1020. The Morgan fingerprint density at radius 1 is 1.05 bits per heavy atom. The van der Waals surface area contributed by atoms with Crippen molar-refractivity contribution < 1.29 is 51.9 Å². The summed E-state index contributed by atoms with van der Waals surface area (Å²) in [6.45, 7) is 1.30. The molecule has 11 heteroatoms. The van der Waals surface area contributed by atoms with Gasteiger partial charge in [-0.1, -0.05) is 18.2 Å². The maximum atomic E-state index is 13.3. The third kappa shape index (κ3) is 11.3. The van der Waals surface area contributed by atoms with Crippen LogP contribution < -0.4 is 4.74 Å². The van der Waals surface area contributed by atoms with Crippen LogP contribution in [0, 0.1) is 11.8 Å². The Morgan fingerprint density at radius 2 is 1.80 bits per heavy atom. The largest absolute Gasteiger partial charge is 0.491 e. The fraction of sp³-hybridized carbons (Fsp3) is 0.727. The van der Waals surface area contributed by atoms with Crippen LogP contribution in [0.1, 0.15) is 89.0 Å². The van der Waals surface area contributed by atoms with Gasteiger partial charge in [-0.05, 0) is 101 Å². The number of rotatable bonds is 16. The Morgan fingerprint density at radius 3 is 2.48 bits per heavy atom. The number of carboxylic acids is 1. The summed E-state index contributed by atoms with van der Waals surface area (Å²) in [4.78, 5) is 10.8. The summed E-state index contributed by atoms with van der Waals surface area (Å²) in [6, 6.07) is 4.84. The van der Waals surface area contributed by atoms with E-state index >= 15 is 0 Å². The molecule has 8 nitrogen and oxygen atoms in total. The average Bonchev–Trinajstić information content (AvgIpc) is 3.29. The quantitative estimate of drug-likeness (QED) is 0.151. The van der Waals surface area contributed by atoms with E-state index in [0.717, 1.165) is 50.7 Å². The molecule has 0 bridgehead atoms. The first-order valence-electron chi connectivity index (χ1n) is 16.1. The van der Waals surface area contributed by atoms with Crippen LogP contribution in [0.3, 0.4) is 0 Å². The number of aliphatic carboxylic acids is 1. The molecule has 2 heterocycles. The second-order valence-electron chi connectivity index (χ2n) is 12.1. The molecule has 2 aliphatic heterocycles. The SMILES string of the molecule is O=C(O)CCCC=CC[C@@H]1[C@@H](CC[C@H](COc2cccc(C(F)(F)F)c2)OC2CCCCO2)[C@H](OC2CCCCO2)C[C@@H]1O. The molecule has 44 heavy (non-hydrogen) atoms. The summed E-state index contributed by atoms with van der Waals surface area (Å²) in [7, 11) is 0. The minimum Gasteiger partial charge on any atom is -0.491 e. The van der Waals surface area contributed by atoms with Crippen LogP contribution in [-0.2, 0) is 29.9 Å². The molecule has 0 aromatic heterocycles. The fourth-order valence-electron chi connectivity index (χ4n) is 6.35. The molecule has 4 rings (SSSR count). The van der Waals surface area contributed by atoms with E-state index in [1.165, 1.54) is 12.1 Å². The van der Waals surface area contributed by atoms with Gasteiger partial charge in [-0.2, -0.15) is 13.2 Å². The number of aliphatic hydroxyl groups excluding tert-OH is 1. The lowest BCUT2D eigenvalue weighted by Crippen LogP contribution is -2.34. The van der Waals surface area contributed by atoms with Gasteiger partial charge >= 0.3 is 12.1 Å². The zero-order chi connectivity index (χ0) is 31.4. The number of carboxylic acid groups (broad SMARTS) is 1. The summed E-state index contributed by atoms with van der Waals surface area (Å²) in [5.41, 5.74) is -0.771. The topological polar surface area (TPSA) is 104 Å². The van der Waals surface area contributed by atoms with E-state index < -0.39 is 36.2 Å². The van der Waals surface area contributed by atoms with E-state index in [9.17, 15) is 23.1 Å². The zero-order valence-corrected chi connectivity index (χ0v) is 25.3. The Balaban J connectivity index is 1.43. The highest BCUT2D eigenvalue weighted by Gasteiger charge is 2.44. The van der Waals surface area contributed by atoms with Gasteiger partial charge in [0.1, 0.15) is 12.4 Å². The predicted octanol–water partition coefficient (Wildman–Crippen LogP) is 6.89. The lowest BCUT2D eigenvalue weighted by atomic mass is 9.86. The fourth-order valence-corrected chi connectivity index (χ4v) is 6.35. The average molecular weight is 629 g/mol. The normalized spacial score (nSPS) is 28.7. The van der Waals surface area contributed by atoms with Crippen molar-refractivity contribution in [2.24, 2.45) is 11.8 Å². The third-order valence-electron chi connectivity index (χ3n) is 8.70. The molecule has 3 aliphatic rings. The van der Waals surface area contributed by atoms with Crippen LogP contribution in [0.2, 0.25) is 0 Å². The standard InChI is InChI=1S/C33H47F3O8/c34-33(35,36)23-10-9-11-24(20-23)42-22-25(43-31-14-5-7-18-40-31)16-17-27-26(12-3-1-2-4-13-30(38)39)28(37)21-29(27)44-32-15-6-8-19-41-32/h1,3,9-11,20,25-29,31-32,37H,2,4-8,12-19,21-22H2,(H,38,39)/t25-,26-,27-,28+,29-,31?,32?/m1/s1. The van der Waals surface area contributed by atoms with Gasteiger partial charge in [0, 0.05) is 26.1 Å². The minimum absolute atomic E-state index is 0.00822. The molecule has 1 aromatic rings. The van der Waals surface area contributed by atoms with Crippen molar-refractivity contribution in [1.82, 2.24) is 0 Å². The highest BCUT2D eigenvalue weighted by Crippen LogP contribution is 2.41. The highest BCUT2D eigenvalue weighted by molar-refractivity contribution is 5.66. The molecule has 248 valence electrons. The van der Waals surface area contributed by atoms with E-state index in [-0.39, 0.29) is 43.0 Å². The minimum atomic E-state index is -4.47. The number of carbonyl (C=O) groups is 1. The van der Waals surface area contributed by atoms with Crippen LogP contribution in [0.15, 0.2) is 36.4 Å². The van der Waals surface area contributed by atoms with Crippen molar-refractivity contribution in [1.29, 1.82) is 0 Å². The number of allylic oxidation sites excluding steroid dienone is 2. The molecule has 3 fully saturated rings. The summed E-state index contributed by atoms with van der Waals surface area (Å²) in [5.74, 6) is -0.778. The summed E-state index contributed by atoms with van der Waals surface area (Å²) >= 11 is 0. The monoisotopic (exact) mass is 628 g/mol. The van der Waals surface area contributed by atoms with Gasteiger partial charge in [0.15, 0.2) is 12.6 Å². The van der Waals surface area contributed by atoms with Gasteiger partial charge in [0.25, 0.3) is 0 Å². The maximum absolute atomic E-state index is 13.3. The summed E-state index contributed by atoms with van der Waals surface area (Å²) in [6.07, 6.45) is 6.72. The molecular formula is C33H47F3O8. The number of hydrogen-bond acceptors (Lipinski definition) is 7. The van der Waals surface area contributed by atoms with E-state index in [2.05, 4.69) is 0 Å². The molecule has 1 aromatic carbocycles. The van der Waals surface area contributed by atoms with E-state index in [1.54, 1.807) is 0 Å². The molecule has 2 saturated heterocycles. The molecule has 2 unspecified atom stereocenters. The van der Waals surface area contributed by atoms with Crippen molar-refractivity contribution >= 4 is 5.97 Å². The third-order valence-corrected chi connectivity index (χ3v) is 8.70. The van der Waals surface area contributed by atoms with Gasteiger partial charge in [0.2, 0.25) is 0 Å². The van der Waals surface area contributed by atoms with Crippen LogP contribution in [0.5, 0.6) is 5.75 Å². The maximum Gasteiger partial charge on any atom is 0.416 e. The Kier molecular flexibility index (Phi) is 13.8. The number of benzene rings is 1. The second-order valence-corrected chi connectivity index (χ2v) is 12.1. The lowest BCUT2D eigenvalue weighted by molar-refractivity contribution is -0.202. The van der Waals surface area contributed by atoms with Crippen LogP contribution >= 0.6 is 0 Å². The van der Waals surface area contributed by atoms with Crippen molar-refractivity contribution in [3.63, 3.8) is 0 Å². The zero-order valence-electron chi connectivity index (χ0n) is 25.3. The molecular weight excluding hydrogens is 581 g/mol. The van der Waals surface area contributed by atoms with E-state index in [1.807, 2.05) is 12.2 Å². The molecule has 2 N–H and O–H groups in total. The highest BCUT2D eigenvalue weighted by atomic mass is 19.4. The van der Waals surface area contributed by atoms with Gasteiger partial charge < -0.3 is 33.9 Å². The van der Waals surface area contributed by atoms with Crippen LogP contribution in [-0.4, -0.2) is 66.9 Å². The van der Waals surface area contributed by atoms with Gasteiger partial charge in [0.05, 0.1) is 23.9 Å². The first kappa shape index (κ1) is 34.7. The van der Waals surface area contributed by atoms with E-state index in [4.69, 9.17) is 28.8 Å². The summed E-state index contributed by atoms with van der Waals surface area (Å²) < 4.78 is 70.0. The van der Waals surface area contributed by atoms with Crippen molar-refractivity contribution in [3.8, 4) is 5.75 Å². The first-order valence-corrected chi connectivity index (χ1v) is 16.1. The van der Waals surface area contributed by atoms with Crippen molar-refractivity contribution in [3.05, 3.63) is 42.0 Å². The molecule has 7 atom stereocenters. The number of hydrogen-bond donors (Lipinski definition) is 2. The number of aliphatic hydroxyl groups is 1. The van der Waals surface area contributed by atoms with Crippen LogP contribution in [0.4, 0.5) is 13.2 Å². The number of alkyl halides is 3. The van der Waals surface area contributed by atoms with Gasteiger partial charge in [-0.3, -0.25) is 4.79 Å². The first-order chi connectivity index (χ1) is 21.2. The van der Waals surface area contributed by atoms with E-state index in [0.29, 0.717) is 51.7 Å². The van der Waals surface area contributed by atoms with Crippen molar-refractivity contribution in [2.75, 3.05) is 19.8 Å². The molecule has 0 radical (unpaired) electrons. The second kappa shape index (κ2) is 17.5. The van der Waals surface area contributed by atoms with Gasteiger partial charge in [-0.25, -0.2) is 0 Å². The molecule has 1 saturated carbocycles. The van der Waals surface area contributed by atoms with Crippen molar-refractivity contribution in [2.45, 2.75) is 121 Å². The molecule has 1 aliphatic carbocycles. The lowest BCUT2D eigenvalue weighted by Gasteiger charge is -2.32. The Labute approximate surface area is 257 Å². The summed E-state index contributed by atoms with van der Waals surface area (Å²) in [5, 5.41) is 20.0. The number of ether oxygens (including phenoxy) is 5. The molecule has 0 amide bonds. The number of unbranched alkanes of at least 4 members (excludes halogenated alkanes) is 1. The smallest absolute Gasteiger partial charge is 0.416 e. The predicted molar refractivity (Wildman–Crippen MR) is 156 cm³/mol. The number of halogens is 3. The van der Waals surface area contributed by atoms with Gasteiger partial charge in [-0.15, -0.1) is 0 Å².